The summed E-state index contributed by atoms with van der Waals surface area (Å²) in [7, 11) is 0. The zero-order valence-electron chi connectivity index (χ0n) is 9.24. The standard InChI is InChI=1S/C13H9Cl2N3/c14-9-4-3-8(6-10(9)15)12-7-17-13(18-12)11-2-1-5-16-11/h1-7,16H,(H,17,18). The van der Waals surface area contributed by atoms with Gasteiger partial charge in [0.1, 0.15) is 0 Å². The summed E-state index contributed by atoms with van der Waals surface area (Å²) in [6, 6.07) is 9.37. The van der Waals surface area contributed by atoms with Gasteiger partial charge in [0.05, 0.1) is 27.6 Å². The van der Waals surface area contributed by atoms with E-state index in [4.69, 9.17) is 23.2 Å². The maximum atomic E-state index is 6.00. The van der Waals surface area contributed by atoms with Crippen molar-refractivity contribution >= 4 is 23.2 Å². The zero-order valence-corrected chi connectivity index (χ0v) is 10.8. The van der Waals surface area contributed by atoms with Crippen LogP contribution in [0.25, 0.3) is 22.8 Å². The zero-order chi connectivity index (χ0) is 12.5. The van der Waals surface area contributed by atoms with E-state index in [2.05, 4.69) is 15.0 Å². The normalized spacial score (nSPS) is 10.8. The molecule has 0 fully saturated rings. The number of nitrogens with zero attached hydrogens (tertiary/aromatic N) is 1. The number of hydrogen-bond acceptors (Lipinski definition) is 1. The minimum absolute atomic E-state index is 0.533. The third-order valence-corrected chi connectivity index (χ3v) is 3.40. The molecule has 3 rings (SSSR count). The smallest absolute Gasteiger partial charge is 0.154 e. The van der Waals surface area contributed by atoms with Gasteiger partial charge in [0.15, 0.2) is 5.82 Å². The van der Waals surface area contributed by atoms with Crippen molar-refractivity contribution in [1.29, 1.82) is 0 Å². The fourth-order valence-electron chi connectivity index (χ4n) is 1.75. The highest BCUT2D eigenvalue weighted by molar-refractivity contribution is 6.42. The number of H-pyrrole nitrogens is 2. The molecule has 0 aliphatic carbocycles. The van der Waals surface area contributed by atoms with Crippen LogP contribution in [0.4, 0.5) is 0 Å². The van der Waals surface area contributed by atoms with Gasteiger partial charge in [-0.3, -0.25) is 0 Å². The number of hydrogen-bond donors (Lipinski definition) is 2. The molecule has 0 amide bonds. The van der Waals surface area contributed by atoms with E-state index in [9.17, 15) is 0 Å². The van der Waals surface area contributed by atoms with Crippen LogP contribution in [0.1, 0.15) is 0 Å². The van der Waals surface area contributed by atoms with E-state index in [1.165, 1.54) is 0 Å². The second-order valence-electron chi connectivity index (χ2n) is 3.86. The quantitative estimate of drug-likeness (QED) is 0.717. The molecule has 5 heteroatoms. The largest absolute Gasteiger partial charge is 0.359 e. The fraction of sp³-hybridized carbons (Fsp3) is 0. The van der Waals surface area contributed by atoms with E-state index in [0.717, 1.165) is 22.8 Å². The molecule has 0 saturated carbocycles. The van der Waals surface area contributed by atoms with E-state index in [1.54, 1.807) is 12.3 Å². The third kappa shape index (κ3) is 2.03. The summed E-state index contributed by atoms with van der Waals surface area (Å²) >= 11 is 11.9. The lowest BCUT2D eigenvalue weighted by Crippen LogP contribution is -1.81. The Bertz CT molecular complexity index is 671. The molecule has 0 bridgehead atoms. The van der Waals surface area contributed by atoms with Crippen molar-refractivity contribution in [3.8, 4) is 22.8 Å². The molecule has 0 atom stereocenters. The van der Waals surface area contributed by atoms with Crippen molar-refractivity contribution < 1.29 is 0 Å². The van der Waals surface area contributed by atoms with Crippen molar-refractivity contribution in [3.63, 3.8) is 0 Å². The highest BCUT2D eigenvalue weighted by Crippen LogP contribution is 2.28. The Kier molecular flexibility index (Phi) is 2.86. The van der Waals surface area contributed by atoms with Crippen LogP contribution in [-0.4, -0.2) is 15.0 Å². The summed E-state index contributed by atoms with van der Waals surface area (Å²) in [4.78, 5) is 10.7. The van der Waals surface area contributed by atoms with Gasteiger partial charge in [-0.2, -0.15) is 0 Å². The number of imidazole rings is 1. The molecular formula is C13H9Cl2N3. The topological polar surface area (TPSA) is 44.5 Å². The van der Waals surface area contributed by atoms with Crippen molar-refractivity contribution in [2.24, 2.45) is 0 Å². The first-order valence-corrected chi connectivity index (χ1v) is 6.14. The molecule has 0 aliphatic heterocycles. The van der Waals surface area contributed by atoms with Crippen LogP contribution in [0.15, 0.2) is 42.7 Å². The number of nitrogens with one attached hydrogen (secondary N) is 2. The molecule has 0 radical (unpaired) electrons. The molecule has 3 aromatic rings. The van der Waals surface area contributed by atoms with Crippen molar-refractivity contribution in [2.75, 3.05) is 0 Å². The van der Waals surface area contributed by atoms with E-state index < -0.39 is 0 Å². The molecule has 90 valence electrons. The second-order valence-corrected chi connectivity index (χ2v) is 4.67. The van der Waals surface area contributed by atoms with Crippen LogP contribution in [0.2, 0.25) is 10.0 Å². The van der Waals surface area contributed by atoms with Gasteiger partial charge in [-0.1, -0.05) is 29.3 Å². The summed E-state index contributed by atoms with van der Waals surface area (Å²) in [6.45, 7) is 0. The first-order chi connectivity index (χ1) is 8.74. The lowest BCUT2D eigenvalue weighted by molar-refractivity contribution is 1.26. The highest BCUT2D eigenvalue weighted by atomic mass is 35.5. The van der Waals surface area contributed by atoms with Crippen LogP contribution in [0, 0.1) is 0 Å². The van der Waals surface area contributed by atoms with Crippen molar-refractivity contribution in [1.82, 2.24) is 15.0 Å². The van der Waals surface area contributed by atoms with Gasteiger partial charge >= 0.3 is 0 Å². The van der Waals surface area contributed by atoms with E-state index in [1.807, 2.05) is 30.5 Å². The Balaban J connectivity index is 2.00. The minimum atomic E-state index is 0.533. The molecule has 18 heavy (non-hydrogen) atoms. The van der Waals surface area contributed by atoms with Gasteiger partial charge in [0, 0.05) is 11.8 Å². The summed E-state index contributed by atoms with van der Waals surface area (Å²) in [5.74, 6) is 0.793. The Hall–Kier alpha value is -1.71. The molecule has 2 N–H and O–H groups in total. The van der Waals surface area contributed by atoms with Crippen molar-refractivity contribution in [3.05, 3.63) is 52.8 Å². The van der Waals surface area contributed by atoms with Crippen LogP contribution < -0.4 is 0 Å². The van der Waals surface area contributed by atoms with Gasteiger partial charge in [0.2, 0.25) is 0 Å². The van der Waals surface area contributed by atoms with E-state index in [-0.39, 0.29) is 0 Å². The summed E-state index contributed by atoms with van der Waals surface area (Å²) in [5.41, 5.74) is 2.80. The fourth-order valence-corrected chi connectivity index (χ4v) is 2.04. The second kappa shape index (κ2) is 4.52. The molecule has 2 aromatic heterocycles. The Morgan fingerprint density at radius 3 is 2.61 bits per heavy atom. The van der Waals surface area contributed by atoms with E-state index >= 15 is 0 Å². The van der Waals surface area contributed by atoms with Crippen LogP contribution >= 0.6 is 23.2 Å². The molecule has 0 spiro atoms. The molecule has 0 unspecified atom stereocenters. The average molecular weight is 278 g/mol. The Labute approximate surface area is 114 Å². The lowest BCUT2D eigenvalue weighted by atomic mass is 10.2. The third-order valence-electron chi connectivity index (χ3n) is 2.66. The summed E-state index contributed by atoms with van der Waals surface area (Å²) in [6.07, 6.45) is 3.63. The van der Waals surface area contributed by atoms with Gasteiger partial charge in [0.25, 0.3) is 0 Å². The number of benzene rings is 1. The Morgan fingerprint density at radius 1 is 1.00 bits per heavy atom. The number of rotatable bonds is 2. The maximum absolute atomic E-state index is 6.00. The molecule has 0 saturated heterocycles. The van der Waals surface area contributed by atoms with E-state index in [0.29, 0.717) is 10.0 Å². The molecule has 1 aromatic carbocycles. The molecule has 3 nitrogen and oxygen atoms in total. The summed E-state index contributed by atoms with van der Waals surface area (Å²) in [5, 5.41) is 1.08. The van der Waals surface area contributed by atoms with Gasteiger partial charge in [-0.25, -0.2) is 4.98 Å². The van der Waals surface area contributed by atoms with Crippen LogP contribution in [-0.2, 0) is 0 Å². The monoisotopic (exact) mass is 277 g/mol. The van der Waals surface area contributed by atoms with Crippen LogP contribution in [0.3, 0.4) is 0 Å². The minimum Gasteiger partial charge on any atom is -0.359 e. The SMILES string of the molecule is Clc1ccc(-c2cnc(-c3ccc[nH]3)[nH]2)cc1Cl. The first-order valence-electron chi connectivity index (χ1n) is 5.38. The maximum Gasteiger partial charge on any atom is 0.154 e. The Morgan fingerprint density at radius 2 is 1.89 bits per heavy atom. The predicted molar refractivity (Wildman–Crippen MR) is 73.8 cm³/mol. The number of halogens is 2. The molecule has 2 heterocycles. The average Bonchev–Trinajstić information content (AvgIpc) is 3.01. The lowest BCUT2D eigenvalue weighted by Gasteiger charge is -2.00. The first kappa shape index (κ1) is 11.4. The highest BCUT2D eigenvalue weighted by Gasteiger charge is 2.07. The summed E-state index contributed by atoms with van der Waals surface area (Å²) < 4.78 is 0. The van der Waals surface area contributed by atoms with Crippen molar-refractivity contribution in [2.45, 2.75) is 0 Å². The van der Waals surface area contributed by atoms with Gasteiger partial charge in [-0.05, 0) is 24.3 Å². The van der Waals surface area contributed by atoms with Gasteiger partial charge < -0.3 is 9.97 Å². The molecule has 0 aliphatic rings. The van der Waals surface area contributed by atoms with Gasteiger partial charge in [-0.15, -0.1) is 0 Å². The van der Waals surface area contributed by atoms with Crippen LogP contribution in [0.5, 0.6) is 0 Å². The molecular weight excluding hydrogens is 269 g/mol. The number of aromatic amines is 2. The number of aromatic nitrogens is 3. The predicted octanol–water partition coefficient (Wildman–Crippen LogP) is 4.38.